The number of fused-ring (bicyclic) bond motifs is 1. The molecule has 5 nitrogen and oxygen atoms in total. The Bertz CT molecular complexity index is 817. The van der Waals surface area contributed by atoms with Crippen LogP contribution < -0.4 is 4.18 Å². The second-order valence-electron chi connectivity index (χ2n) is 5.29. The van der Waals surface area contributed by atoms with Gasteiger partial charge in [-0.1, -0.05) is 6.07 Å². The van der Waals surface area contributed by atoms with Gasteiger partial charge in [0.1, 0.15) is 0 Å². The highest BCUT2D eigenvalue weighted by atomic mass is 32.2. The summed E-state index contributed by atoms with van der Waals surface area (Å²) in [5.74, 6) is -4.82. The van der Waals surface area contributed by atoms with Crippen LogP contribution in [0.2, 0.25) is 0 Å². The van der Waals surface area contributed by atoms with Crippen molar-refractivity contribution in [2.75, 3.05) is 13.1 Å². The normalized spacial score (nSPS) is 16.0. The highest BCUT2D eigenvalue weighted by Gasteiger charge is 2.49. The molecule has 0 atom stereocenters. The largest absolute Gasteiger partial charge is 0.534 e. The summed E-state index contributed by atoms with van der Waals surface area (Å²) in [7, 11) is -6.17. The molecule has 146 valence electrons. The molecule has 0 radical (unpaired) electrons. The quantitative estimate of drug-likeness (QED) is 0.428. The lowest BCUT2D eigenvalue weighted by molar-refractivity contribution is -0.185. The van der Waals surface area contributed by atoms with Gasteiger partial charge in [-0.3, -0.25) is 4.79 Å². The van der Waals surface area contributed by atoms with Crippen LogP contribution in [-0.4, -0.2) is 44.0 Å². The first kappa shape index (κ1) is 20.3. The topological polar surface area (TPSA) is 63.7 Å². The maximum absolute atomic E-state index is 13.9. The van der Waals surface area contributed by atoms with Gasteiger partial charge in [-0.05, 0) is 24.5 Å². The van der Waals surface area contributed by atoms with Crippen molar-refractivity contribution in [2.24, 2.45) is 0 Å². The van der Waals surface area contributed by atoms with Crippen molar-refractivity contribution in [1.29, 1.82) is 0 Å². The van der Waals surface area contributed by atoms with Crippen LogP contribution in [0, 0.1) is 5.82 Å². The number of rotatable bonds is 2. The molecule has 2 rings (SSSR count). The summed E-state index contributed by atoms with van der Waals surface area (Å²) >= 11 is 0. The van der Waals surface area contributed by atoms with Gasteiger partial charge >= 0.3 is 27.7 Å². The Hall–Kier alpha value is -2.05. The summed E-state index contributed by atoms with van der Waals surface area (Å²) < 4.78 is 115. The van der Waals surface area contributed by atoms with Gasteiger partial charge in [-0.15, -0.1) is 0 Å². The zero-order valence-electron chi connectivity index (χ0n) is 12.6. The molecule has 0 unspecified atom stereocenters. The Labute approximate surface area is 142 Å². The van der Waals surface area contributed by atoms with E-state index in [0.717, 1.165) is 6.07 Å². The van der Waals surface area contributed by atoms with E-state index >= 15 is 0 Å². The van der Waals surface area contributed by atoms with E-state index in [9.17, 15) is 43.9 Å². The first-order chi connectivity index (χ1) is 11.7. The molecule has 13 heteroatoms. The maximum Gasteiger partial charge on any atom is 0.534 e. The summed E-state index contributed by atoms with van der Waals surface area (Å²) in [5, 5.41) is 0. The van der Waals surface area contributed by atoms with Gasteiger partial charge in [-0.2, -0.15) is 34.8 Å². The van der Waals surface area contributed by atoms with E-state index in [2.05, 4.69) is 4.18 Å². The number of halogens is 7. The van der Waals surface area contributed by atoms with Crippen LogP contribution in [0.5, 0.6) is 5.75 Å². The van der Waals surface area contributed by atoms with Crippen LogP contribution in [0.1, 0.15) is 11.1 Å². The van der Waals surface area contributed by atoms with Gasteiger partial charge in [-0.25, -0.2) is 4.39 Å². The lowest BCUT2D eigenvalue weighted by Gasteiger charge is -2.21. The second-order valence-corrected chi connectivity index (χ2v) is 6.83. The third-order valence-corrected chi connectivity index (χ3v) is 4.55. The molecular weight excluding hydrogens is 399 g/mol. The molecule has 1 aliphatic heterocycles. The Morgan fingerprint density at radius 3 is 2.15 bits per heavy atom. The van der Waals surface area contributed by atoms with Crippen LogP contribution in [0.15, 0.2) is 12.1 Å². The molecular formula is C13H10F7NO4S. The predicted octanol–water partition coefficient (Wildman–Crippen LogP) is 2.54. The zero-order chi connectivity index (χ0) is 19.9. The fourth-order valence-electron chi connectivity index (χ4n) is 2.39. The van der Waals surface area contributed by atoms with Gasteiger partial charge < -0.3 is 9.08 Å². The first-order valence-electron chi connectivity index (χ1n) is 6.91. The summed E-state index contributed by atoms with van der Waals surface area (Å²) in [4.78, 5) is 11.7. The molecule has 0 saturated heterocycles. The fourth-order valence-corrected chi connectivity index (χ4v) is 2.89. The van der Waals surface area contributed by atoms with E-state index in [0.29, 0.717) is 11.0 Å². The SMILES string of the molecule is O=C(N1CCc2ccc(F)c(OS(=O)(=O)C(F)(F)F)c2CC1)C(F)(F)F. The molecule has 1 aromatic rings. The molecule has 0 aliphatic carbocycles. The van der Waals surface area contributed by atoms with E-state index in [1.165, 1.54) is 0 Å². The number of alkyl halides is 6. The number of amides is 1. The monoisotopic (exact) mass is 409 g/mol. The van der Waals surface area contributed by atoms with Gasteiger partial charge in [0.15, 0.2) is 11.6 Å². The minimum atomic E-state index is -6.17. The molecule has 1 aromatic carbocycles. The predicted molar refractivity (Wildman–Crippen MR) is 72.0 cm³/mol. The lowest BCUT2D eigenvalue weighted by atomic mass is 10.0. The van der Waals surface area contributed by atoms with Gasteiger partial charge in [0, 0.05) is 18.7 Å². The number of hydrogen-bond donors (Lipinski definition) is 0. The van der Waals surface area contributed by atoms with E-state index in [-0.39, 0.29) is 17.5 Å². The van der Waals surface area contributed by atoms with Crippen molar-refractivity contribution in [3.05, 3.63) is 29.1 Å². The van der Waals surface area contributed by atoms with Crippen molar-refractivity contribution >= 4 is 16.0 Å². The lowest BCUT2D eigenvalue weighted by Crippen LogP contribution is -2.42. The molecule has 1 amide bonds. The van der Waals surface area contributed by atoms with Crippen molar-refractivity contribution < 1.29 is 48.1 Å². The molecule has 0 N–H and O–H groups in total. The third-order valence-electron chi connectivity index (χ3n) is 3.60. The average Bonchev–Trinajstić information content (AvgIpc) is 2.70. The van der Waals surface area contributed by atoms with Gasteiger partial charge in [0.05, 0.1) is 0 Å². The summed E-state index contributed by atoms with van der Waals surface area (Å²) in [6, 6.07) is 1.72. The fraction of sp³-hybridized carbons (Fsp3) is 0.462. The maximum atomic E-state index is 13.9. The molecule has 0 fully saturated rings. The molecule has 0 bridgehead atoms. The number of carbonyl (C=O) groups is 1. The Balaban J connectivity index is 2.37. The molecule has 0 saturated carbocycles. The summed E-state index contributed by atoms with van der Waals surface area (Å²) in [6.45, 7) is -1.03. The Kier molecular flexibility index (Phi) is 5.14. The van der Waals surface area contributed by atoms with Crippen molar-refractivity contribution in [2.45, 2.75) is 24.5 Å². The van der Waals surface area contributed by atoms with E-state index in [4.69, 9.17) is 0 Å². The average molecular weight is 409 g/mol. The summed E-state index contributed by atoms with van der Waals surface area (Å²) in [5.41, 5.74) is -6.07. The third kappa shape index (κ3) is 4.02. The van der Waals surface area contributed by atoms with Crippen molar-refractivity contribution in [1.82, 2.24) is 4.90 Å². The summed E-state index contributed by atoms with van der Waals surface area (Å²) in [6.07, 6.45) is -5.92. The molecule has 26 heavy (non-hydrogen) atoms. The molecule has 0 spiro atoms. The Morgan fingerprint density at radius 1 is 1.04 bits per heavy atom. The van der Waals surface area contributed by atoms with Crippen LogP contribution in [0.4, 0.5) is 30.7 Å². The zero-order valence-corrected chi connectivity index (χ0v) is 13.4. The first-order valence-corrected chi connectivity index (χ1v) is 8.32. The van der Waals surface area contributed by atoms with E-state index < -0.39 is 58.8 Å². The highest BCUT2D eigenvalue weighted by Crippen LogP contribution is 2.34. The standard InChI is InChI=1S/C13H10F7NO4S/c14-9-2-1-7-3-5-21(11(22)12(15,16)17)6-4-8(7)10(9)25-26(23,24)13(18,19)20/h1-2H,3-6H2. The number of nitrogens with zero attached hydrogens (tertiary/aromatic N) is 1. The number of hydrogen-bond acceptors (Lipinski definition) is 4. The molecule has 1 heterocycles. The molecule has 0 aromatic heterocycles. The van der Waals surface area contributed by atoms with Crippen LogP contribution in [0.25, 0.3) is 0 Å². The van der Waals surface area contributed by atoms with E-state index in [1.807, 2.05) is 0 Å². The Morgan fingerprint density at radius 2 is 1.62 bits per heavy atom. The smallest absolute Gasteiger partial charge is 0.373 e. The van der Waals surface area contributed by atoms with E-state index in [1.54, 1.807) is 0 Å². The highest BCUT2D eigenvalue weighted by molar-refractivity contribution is 7.88. The van der Waals surface area contributed by atoms with Gasteiger partial charge in [0.25, 0.3) is 0 Å². The molecule has 1 aliphatic rings. The van der Waals surface area contributed by atoms with Crippen LogP contribution >= 0.6 is 0 Å². The minimum Gasteiger partial charge on any atom is -0.373 e. The number of carbonyl (C=O) groups excluding carboxylic acids is 1. The van der Waals surface area contributed by atoms with Crippen LogP contribution in [-0.2, 0) is 27.8 Å². The second kappa shape index (κ2) is 6.59. The van der Waals surface area contributed by atoms with Crippen molar-refractivity contribution in [3.8, 4) is 5.75 Å². The number of benzene rings is 1. The van der Waals surface area contributed by atoms with Crippen LogP contribution in [0.3, 0.4) is 0 Å². The van der Waals surface area contributed by atoms with Gasteiger partial charge in [0.2, 0.25) is 0 Å². The minimum absolute atomic E-state index is 0.0799. The van der Waals surface area contributed by atoms with Crippen molar-refractivity contribution in [3.63, 3.8) is 0 Å².